The third kappa shape index (κ3) is 3.74. The number of piperazine rings is 1. The average molecular weight is 499 g/mol. The minimum atomic E-state index is -0.753. The van der Waals surface area contributed by atoms with Crippen molar-refractivity contribution in [2.45, 2.75) is 12.8 Å². The van der Waals surface area contributed by atoms with Crippen molar-refractivity contribution in [3.63, 3.8) is 0 Å². The number of carbonyl (C=O) groups is 2. The Balaban J connectivity index is 1.18. The van der Waals surface area contributed by atoms with E-state index in [9.17, 15) is 14.0 Å². The summed E-state index contributed by atoms with van der Waals surface area (Å²) in [6.45, 7) is 3.78. The molecule has 0 radical (unpaired) electrons. The molecule has 0 aliphatic carbocycles. The Bertz CT molecular complexity index is 1310. The normalized spacial score (nSPS) is 18.1. The number of amides is 1. The number of ketones is 1. The lowest BCUT2D eigenvalue weighted by molar-refractivity contribution is -0.126. The maximum absolute atomic E-state index is 14.7. The number of hydrazine groups is 2. The molecule has 1 amide bonds. The van der Waals surface area contributed by atoms with Gasteiger partial charge in [0.1, 0.15) is 0 Å². The van der Waals surface area contributed by atoms with Gasteiger partial charge in [-0.3, -0.25) is 9.59 Å². The molecular weight excluding hydrogens is 475 g/mol. The van der Waals surface area contributed by atoms with Gasteiger partial charge in [-0.2, -0.15) is 8.75 Å². The summed E-state index contributed by atoms with van der Waals surface area (Å²) < 4.78 is 23.7. The molecule has 0 atom stereocenters. The molecule has 0 unspecified atom stereocenters. The summed E-state index contributed by atoms with van der Waals surface area (Å²) >= 11 is 1.19. The molecule has 12 nitrogen and oxygen atoms in total. The number of hydrogen-bond donors (Lipinski definition) is 3. The highest BCUT2D eigenvalue weighted by Gasteiger charge is 2.32. The molecule has 3 aromatic heterocycles. The zero-order valence-electron chi connectivity index (χ0n) is 18.7. The van der Waals surface area contributed by atoms with Crippen LogP contribution in [-0.2, 0) is 4.79 Å². The van der Waals surface area contributed by atoms with Crippen LogP contribution in [0.4, 0.5) is 21.8 Å². The second-order valence-corrected chi connectivity index (χ2v) is 9.07. The van der Waals surface area contributed by atoms with E-state index in [1.807, 2.05) is 0 Å². The molecule has 3 aromatic rings. The Kier molecular flexibility index (Phi) is 5.45. The van der Waals surface area contributed by atoms with Gasteiger partial charge in [0.2, 0.25) is 0 Å². The average Bonchev–Trinajstić information content (AvgIpc) is 3.70. The minimum Gasteiger partial charge on any atom is -0.357 e. The highest BCUT2D eigenvalue weighted by atomic mass is 32.1. The Morgan fingerprint density at radius 1 is 0.971 bits per heavy atom. The first-order valence-corrected chi connectivity index (χ1v) is 12.1. The minimum absolute atomic E-state index is 0.00950. The topological polar surface area (TPSA) is 126 Å². The summed E-state index contributed by atoms with van der Waals surface area (Å²) in [6.07, 6.45) is 8.01. The number of fused-ring (bicyclic) bond motifs is 1. The van der Waals surface area contributed by atoms with Gasteiger partial charge in [-0.15, -0.1) is 5.53 Å². The fraction of sp³-hybridized carbons (Fsp3) is 0.381. The second-order valence-electron chi connectivity index (χ2n) is 8.54. The lowest BCUT2D eigenvalue weighted by Gasteiger charge is -2.35. The van der Waals surface area contributed by atoms with Gasteiger partial charge < -0.3 is 25.1 Å². The van der Waals surface area contributed by atoms with E-state index in [1.165, 1.54) is 27.8 Å². The highest BCUT2D eigenvalue weighted by molar-refractivity contribution is 6.99. The number of aromatic nitrogens is 4. The molecule has 2 saturated heterocycles. The van der Waals surface area contributed by atoms with Crippen molar-refractivity contribution in [1.82, 2.24) is 34.6 Å². The quantitative estimate of drug-likeness (QED) is 0.346. The van der Waals surface area contributed by atoms with Crippen molar-refractivity contribution in [3.8, 4) is 0 Å². The number of Topliss-reactive ketones (excluding diaryl/α,β-unsaturated/α-hetero) is 1. The van der Waals surface area contributed by atoms with E-state index in [4.69, 9.17) is 0 Å². The third-order valence-electron chi connectivity index (χ3n) is 6.53. The van der Waals surface area contributed by atoms with Crippen molar-refractivity contribution in [3.05, 3.63) is 36.2 Å². The van der Waals surface area contributed by atoms with Gasteiger partial charge in [0.05, 0.1) is 34.4 Å². The molecular formula is C21H23FN10O2S. The molecule has 6 rings (SSSR count). The molecule has 2 fully saturated rings. The summed E-state index contributed by atoms with van der Waals surface area (Å²) in [5.74, 6) is 0.0333. The fourth-order valence-electron chi connectivity index (χ4n) is 4.72. The van der Waals surface area contributed by atoms with E-state index >= 15 is 0 Å². The molecule has 182 valence electrons. The van der Waals surface area contributed by atoms with Crippen LogP contribution >= 0.6 is 11.7 Å². The van der Waals surface area contributed by atoms with Crippen molar-refractivity contribution >= 4 is 51.8 Å². The summed E-state index contributed by atoms with van der Waals surface area (Å²) in [4.78, 5) is 39.1. The van der Waals surface area contributed by atoms with Crippen LogP contribution in [0.1, 0.15) is 23.2 Å². The van der Waals surface area contributed by atoms with Gasteiger partial charge in [0.25, 0.3) is 11.7 Å². The predicted octanol–water partition coefficient (Wildman–Crippen LogP) is 0.986. The molecule has 14 heteroatoms. The Hall–Kier alpha value is -3.78. The number of nitrogens with one attached hydrogen (secondary N) is 3. The monoisotopic (exact) mass is 498 g/mol. The van der Waals surface area contributed by atoms with Crippen LogP contribution in [0.3, 0.4) is 0 Å². The van der Waals surface area contributed by atoms with Crippen LogP contribution in [0.5, 0.6) is 0 Å². The van der Waals surface area contributed by atoms with Crippen LogP contribution in [0.15, 0.2) is 24.8 Å². The second kappa shape index (κ2) is 8.78. The zero-order valence-corrected chi connectivity index (χ0v) is 19.5. The number of pyridine rings is 1. The van der Waals surface area contributed by atoms with Crippen LogP contribution in [0.2, 0.25) is 0 Å². The number of anilines is 3. The zero-order chi connectivity index (χ0) is 23.9. The van der Waals surface area contributed by atoms with E-state index < -0.39 is 17.5 Å². The van der Waals surface area contributed by atoms with Gasteiger partial charge in [0.15, 0.2) is 23.3 Å². The smallest absolute Gasteiger partial charge is 0.295 e. The maximum atomic E-state index is 14.7. The van der Waals surface area contributed by atoms with Crippen LogP contribution in [0.25, 0.3) is 10.9 Å². The Morgan fingerprint density at radius 2 is 1.69 bits per heavy atom. The Morgan fingerprint density at radius 3 is 2.37 bits per heavy atom. The van der Waals surface area contributed by atoms with Gasteiger partial charge in [-0.25, -0.2) is 14.4 Å². The van der Waals surface area contributed by atoms with Crippen LogP contribution < -0.4 is 25.8 Å². The van der Waals surface area contributed by atoms with E-state index in [0.29, 0.717) is 37.5 Å². The van der Waals surface area contributed by atoms with Crippen LogP contribution in [0, 0.1) is 5.82 Å². The molecule has 0 aromatic carbocycles. The van der Waals surface area contributed by atoms with E-state index in [0.717, 1.165) is 43.8 Å². The van der Waals surface area contributed by atoms with Crippen molar-refractivity contribution in [2.24, 2.45) is 0 Å². The standard InChI is InChI=1S/C21H23FN10O2S/c22-14-12-24-18(32-6-3-25-28-32)16-15(14)13(11-23-16)17(33)21(34)31-9-7-30(8-10-31)20-19(26-35-27-20)29-4-1-2-5-29/h3,6,11-12,23,25,28H,1-2,4-5,7-10H2. The van der Waals surface area contributed by atoms with E-state index in [1.54, 1.807) is 12.4 Å². The maximum Gasteiger partial charge on any atom is 0.295 e. The molecule has 0 bridgehead atoms. The molecule has 6 heterocycles. The molecule has 0 spiro atoms. The first-order chi connectivity index (χ1) is 17.1. The van der Waals surface area contributed by atoms with Gasteiger partial charge in [-0.05, 0) is 12.8 Å². The molecule has 3 aliphatic heterocycles. The van der Waals surface area contributed by atoms with Crippen molar-refractivity contribution in [2.75, 3.05) is 54.1 Å². The van der Waals surface area contributed by atoms with E-state index in [2.05, 4.69) is 39.5 Å². The molecule has 0 saturated carbocycles. The summed E-state index contributed by atoms with van der Waals surface area (Å²) in [5.41, 5.74) is 5.91. The van der Waals surface area contributed by atoms with E-state index in [-0.39, 0.29) is 10.9 Å². The number of halogens is 1. The summed E-state index contributed by atoms with van der Waals surface area (Å²) in [7, 11) is 0. The summed E-state index contributed by atoms with van der Waals surface area (Å²) in [5, 5.41) is 1.58. The molecule has 3 aliphatic rings. The van der Waals surface area contributed by atoms with Crippen molar-refractivity contribution in [1.29, 1.82) is 0 Å². The SMILES string of the molecule is O=C(C(=O)N1CCN(c2nsnc2N2CCCC2)CC1)c1c[nH]c2c(N3C=CNN3)ncc(F)c12. The third-order valence-corrected chi connectivity index (χ3v) is 7.04. The number of H-pyrrole nitrogens is 1. The number of hydrogen-bond acceptors (Lipinski definition) is 11. The van der Waals surface area contributed by atoms with Gasteiger partial charge >= 0.3 is 0 Å². The predicted molar refractivity (Wildman–Crippen MR) is 128 cm³/mol. The van der Waals surface area contributed by atoms with Gasteiger partial charge in [0, 0.05) is 57.9 Å². The van der Waals surface area contributed by atoms with Gasteiger partial charge in [-0.1, -0.05) is 0 Å². The number of carbonyl (C=O) groups excluding carboxylic acids is 2. The highest BCUT2D eigenvalue weighted by Crippen LogP contribution is 2.31. The summed E-state index contributed by atoms with van der Waals surface area (Å²) in [6, 6.07) is 0. The first-order valence-electron chi connectivity index (χ1n) is 11.4. The Labute approximate surface area is 203 Å². The molecule has 35 heavy (non-hydrogen) atoms. The lowest BCUT2D eigenvalue weighted by Crippen LogP contribution is -2.51. The fourth-order valence-corrected chi connectivity index (χ4v) is 5.31. The number of aromatic amines is 1. The molecule has 3 N–H and O–H groups in total. The van der Waals surface area contributed by atoms with Crippen molar-refractivity contribution < 1.29 is 14.0 Å². The van der Waals surface area contributed by atoms with Crippen LogP contribution in [-0.4, -0.2) is 74.6 Å². The number of nitrogens with zero attached hydrogens (tertiary/aromatic N) is 7. The lowest BCUT2D eigenvalue weighted by atomic mass is 10.1. The number of rotatable bonds is 5. The first kappa shape index (κ1) is 21.7. The largest absolute Gasteiger partial charge is 0.357 e.